The molecule has 0 spiro atoms. The fourth-order valence-corrected chi connectivity index (χ4v) is 6.82. The van der Waals surface area contributed by atoms with Crippen LogP contribution in [0, 0.1) is 0 Å². The van der Waals surface area contributed by atoms with Gasteiger partial charge in [-0.1, -0.05) is 106 Å². The van der Waals surface area contributed by atoms with E-state index < -0.39 is 0 Å². The van der Waals surface area contributed by atoms with Crippen molar-refractivity contribution in [3.05, 3.63) is 161 Å². The zero-order chi connectivity index (χ0) is 27.1. The van der Waals surface area contributed by atoms with Crippen molar-refractivity contribution < 1.29 is 4.74 Å². The molecule has 1 aromatic heterocycles. The number of hydrogen-bond acceptors (Lipinski definition) is 4. The molecule has 1 atom stereocenters. The fourth-order valence-electron chi connectivity index (χ4n) is 5.55. The van der Waals surface area contributed by atoms with Crippen LogP contribution < -0.4 is 19.6 Å². The Labute approximate surface area is 244 Å². The number of rotatable bonds is 5. The molecule has 0 unspecified atom stereocenters. The van der Waals surface area contributed by atoms with Gasteiger partial charge in [0.25, 0.3) is 5.56 Å². The molecule has 0 fully saturated rings. The summed E-state index contributed by atoms with van der Waals surface area (Å²) < 4.78 is 9.65. The number of thiazole rings is 1. The van der Waals surface area contributed by atoms with Crippen LogP contribution in [0.25, 0.3) is 11.8 Å². The molecule has 0 amide bonds. The number of aryl methyl sites for hydroxylation is 1. The van der Waals surface area contributed by atoms with Crippen molar-refractivity contribution in [1.29, 1.82) is 0 Å². The quantitative estimate of drug-likeness (QED) is 0.225. The summed E-state index contributed by atoms with van der Waals surface area (Å²) in [5.74, 6) is 0.763. The normalized spacial score (nSPS) is 16.1. The number of halogens is 1. The van der Waals surface area contributed by atoms with Crippen LogP contribution in [0.1, 0.15) is 40.3 Å². The van der Waals surface area contributed by atoms with Gasteiger partial charge in [0, 0.05) is 10.0 Å². The van der Waals surface area contributed by atoms with Crippen LogP contribution in [-0.2, 0) is 13.0 Å². The van der Waals surface area contributed by atoms with Crippen molar-refractivity contribution in [2.45, 2.75) is 25.5 Å². The van der Waals surface area contributed by atoms with E-state index in [1.807, 2.05) is 77.4 Å². The Morgan fingerprint density at radius 3 is 2.58 bits per heavy atom. The predicted octanol–water partition coefficient (Wildman–Crippen LogP) is 6.66. The molecular weight excluding hydrogens is 580 g/mol. The Hall–Kier alpha value is -4.00. The van der Waals surface area contributed by atoms with E-state index in [0.717, 1.165) is 50.3 Å². The lowest BCUT2D eigenvalue weighted by Crippen LogP contribution is -2.38. The molecule has 40 heavy (non-hydrogen) atoms. The molecule has 0 bridgehead atoms. The molecule has 1 aliphatic carbocycles. The Kier molecular flexibility index (Phi) is 6.58. The highest BCUT2D eigenvalue weighted by molar-refractivity contribution is 9.10. The minimum atomic E-state index is -0.163. The number of nitrogens with zero attached hydrogens (tertiary/aromatic N) is 2. The van der Waals surface area contributed by atoms with E-state index in [9.17, 15) is 4.79 Å². The predicted molar refractivity (Wildman–Crippen MR) is 164 cm³/mol. The molecule has 2 aliphatic rings. The summed E-state index contributed by atoms with van der Waals surface area (Å²) in [5.41, 5.74) is 7.84. The minimum Gasteiger partial charge on any atom is -0.489 e. The topological polar surface area (TPSA) is 43.6 Å². The maximum absolute atomic E-state index is 14.0. The van der Waals surface area contributed by atoms with E-state index >= 15 is 0 Å². The van der Waals surface area contributed by atoms with E-state index in [-0.39, 0.29) is 11.6 Å². The van der Waals surface area contributed by atoms with Gasteiger partial charge in [0.15, 0.2) is 4.80 Å². The van der Waals surface area contributed by atoms with Gasteiger partial charge in [0.05, 0.1) is 16.3 Å². The third-order valence-electron chi connectivity index (χ3n) is 7.46. The van der Waals surface area contributed by atoms with Gasteiger partial charge in [0.2, 0.25) is 0 Å². The van der Waals surface area contributed by atoms with Crippen LogP contribution >= 0.6 is 27.3 Å². The van der Waals surface area contributed by atoms with E-state index in [4.69, 9.17) is 9.73 Å². The Morgan fingerprint density at radius 2 is 1.73 bits per heavy atom. The van der Waals surface area contributed by atoms with Gasteiger partial charge in [-0.2, -0.15) is 0 Å². The van der Waals surface area contributed by atoms with E-state index in [2.05, 4.69) is 52.3 Å². The first-order chi connectivity index (χ1) is 19.6. The second kappa shape index (κ2) is 10.5. The number of allylic oxidation sites excluding steroid dienone is 1. The highest BCUT2D eigenvalue weighted by Crippen LogP contribution is 2.41. The first kappa shape index (κ1) is 25.0. The summed E-state index contributed by atoms with van der Waals surface area (Å²) in [4.78, 5) is 19.8. The number of aromatic nitrogens is 1. The SMILES string of the molecule is O=c1/c(=C\c2cccc(OCc3ccc(Br)cc3)c2)sc2n1[C@H](c1ccccc1)C1=C(N=2)c2ccccc2CC1. The zero-order valence-electron chi connectivity index (χ0n) is 21.6. The highest BCUT2D eigenvalue weighted by Gasteiger charge is 2.32. The van der Waals surface area contributed by atoms with Crippen molar-refractivity contribution >= 4 is 39.0 Å². The van der Waals surface area contributed by atoms with Gasteiger partial charge in [-0.05, 0) is 71.0 Å². The summed E-state index contributed by atoms with van der Waals surface area (Å²) in [6.07, 6.45) is 3.79. The summed E-state index contributed by atoms with van der Waals surface area (Å²) in [7, 11) is 0. The van der Waals surface area contributed by atoms with Crippen molar-refractivity contribution in [3.63, 3.8) is 0 Å². The van der Waals surface area contributed by atoms with Crippen LogP contribution in [-0.4, -0.2) is 4.57 Å². The smallest absolute Gasteiger partial charge is 0.271 e. The number of fused-ring (bicyclic) bond motifs is 3. The van der Waals surface area contributed by atoms with Gasteiger partial charge in [-0.3, -0.25) is 9.36 Å². The molecule has 0 N–H and O–H groups in total. The molecule has 0 saturated heterocycles. The summed E-state index contributed by atoms with van der Waals surface area (Å²) in [6, 6.07) is 34.7. The van der Waals surface area contributed by atoms with Crippen molar-refractivity contribution in [2.24, 2.45) is 4.99 Å². The molecule has 4 nitrogen and oxygen atoms in total. The van der Waals surface area contributed by atoms with E-state index in [0.29, 0.717) is 11.1 Å². The summed E-state index contributed by atoms with van der Waals surface area (Å²) >= 11 is 4.92. The Balaban J connectivity index is 1.30. The largest absolute Gasteiger partial charge is 0.489 e. The average Bonchev–Trinajstić information content (AvgIpc) is 3.30. The van der Waals surface area contributed by atoms with E-state index in [1.165, 1.54) is 28.0 Å². The molecule has 5 aromatic rings. The lowest BCUT2D eigenvalue weighted by atomic mass is 9.83. The van der Waals surface area contributed by atoms with Crippen molar-refractivity contribution in [2.75, 3.05) is 0 Å². The van der Waals surface area contributed by atoms with Gasteiger partial charge >= 0.3 is 0 Å². The number of hydrogen-bond donors (Lipinski definition) is 0. The number of ether oxygens (including phenoxy) is 1. The van der Waals surface area contributed by atoms with Gasteiger partial charge in [-0.25, -0.2) is 4.99 Å². The monoisotopic (exact) mass is 604 g/mol. The third kappa shape index (κ3) is 4.67. The summed E-state index contributed by atoms with van der Waals surface area (Å²) in [6.45, 7) is 0.475. The highest BCUT2D eigenvalue weighted by atomic mass is 79.9. The zero-order valence-corrected chi connectivity index (χ0v) is 24.0. The average molecular weight is 606 g/mol. The molecule has 0 radical (unpaired) electrons. The van der Waals surface area contributed by atoms with Crippen molar-refractivity contribution in [3.8, 4) is 5.75 Å². The molecule has 0 saturated carbocycles. The lowest BCUT2D eigenvalue weighted by Gasteiger charge is -2.30. The first-order valence-corrected chi connectivity index (χ1v) is 14.9. The second-order valence-corrected chi connectivity index (χ2v) is 11.9. The molecule has 1 aliphatic heterocycles. The Bertz CT molecular complexity index is 1940. The maximum Gasteiger partial charge on any atom is 0.271 e. The van der Waals surface area contributed by atoms with Gasteiger partial charge in [0.1, 0.15) is 12.4 Å². The Morgan fingerprint density at radius 1 is 0.925 bits per heavy atom. The fraction of sp³-hybridized carbons (Fsp3) is 0.118. The molecule has 196 valence electrons. The molecule has 4 aromatic carbocycles. The molecular formula is C34H25BrN2O2S. The van der Waals surface area contributed by atoms with Crippen LogP contribution in [0.4, 0.5) is 0 Å². The summed E-state index contributed by atoms with van der Waals surface area (Å²) in [5, 5.41) is 0. The van der Waals surface area contributed by atoms with Crippen LogP contribution in [0.5, 0.6) is 5.75 Å². The van der Waals surface area contributed by atoms with Crippen LogP contribution in [0.15, 0.2) is 123 Å². The third-order valence-corrected chi connectivity index (χ3v) is 8.97. The van der Waals surface area contributed by atoms with Crippen LogP contribution in [0.3, 0.4) is 0 Å². The van der Waals surface area contributed by atoms with Crippen molar-refractivity contribution in [1.82, 2.24) is 4.57 Å². The standard InChI is InChI=1S/C34H25BrN2O2S/c35-26-16-13-22(14-17-26)21-39-27-11-6-7-23(19-27)20-30-33(38)37-32(25-9-2-1-3-10-25)29-18-15-24-8-4-5-12-28(24)31(29)36-34(37)40-30/h1-14,16-17,19-20,32H,15,18,21H2/b30-20+/t32-/m1/s1. The first-order valence-electron chi connectivity index (χ1n) is 13.3. The lowest BCUT2D eigenvalue weighted by molar-refractivity contribution is 0.306. The molecule has 6 heteroatoms. The second-order valence-electron chi connectivity index (χ2n) is 10.0. The molecule has 7 rings (SSSR count). The minimum absolute atomic E-state index is 0.0100. The number of benzene rings is 4. The van der Waals surface area contributed by atoms with Gasteiger partial charge in [-0.15, -0.1) is 0 Å². The van der Waals surface area contributed by atoms with E-state index in [1.54, 1.807) is 0 Å². The molecule has 2 heterocycles. The van der Waals surface area contributed by atoms with Gasteiger partial charge < -0.3 is 4.74 Å². The maximum atomic E-state index is 14.0. The van der Waals surface area contributed by atoms with Crippen LogP contribution in [0.2, 0.25) is 0 Å².